The van der Waals surface area contributed by atoms with Gasteiger partial charge in [-0.2, -0.15) is 12.6 Å². The van der Waals surface area contributed by atoms with E-state index in [1.165, 1.54) is 0 Å². The molecule has 1 N–H and O–H groups in total. The van der Waals surface area contributed by atoms with E-state index in [0.717, 1.165) is 15.7 Å². The number of aromatic nitrogens is 1. The summed E-state index contributed by atoms with van der Waals surface area (Å²) in [6.45, 7) is 0. The van der Waals surface area contributed by atoms with Gasteiger partial charge in [-0.15, -0.1) is 0 Å². The molecule has 0 atom stereocenters. The fraction of sp³-hybridized carbons (Fsp3) is 0.0833. The van der Waals surface area contributed by atoms with Crippen LogP contribution in [0, 0.1) is 0 Å². The number of hydrogen-bond acceptors (Lipinski definition) is 2. The van der Waals surface area contributed by atoms with Crippen molar-refractivity contribution in [1.82, 2.24) is 4.98 Å². The van der Waals surface area contributed by atoms with Gasteiger partial charge in [0.25, 0.3) is 5.56 Å². The third-order valence-corrected chi connectivity index (χ3v) is 3.19. The van der Waals surface area contributed by atoms with Gasteiger partial charge < -0.3 is 4.98 Å². The maximum absolute atomic E-state index is 11.6. The third-order valence-electron chi connectivity index (χ3n) is 2.32. The molecule has 0 aliphatic heterocycles. The summed E-state index contributed by atoms with van der Waals surface area (Å²) in [5.41, 5.74) is 2.42. The number of nitrogens with one attached hydrogen (secondary N) is 1. The summed E-state index contributed by atoms with van der Waals surface area (Å²) >= 11 is 7.46. The summed E-state index contributed by atoms with van der Waals surface area (Å²) in [4.78, 5) is 14.4. The number of halogens is 1. The first-order chi connectivity index (χ1) is 7.70. The highest BCUT2D eigenvalue weighted by molar-refractivity contribution is 9.10. The van der Waals surface area contributed by atoms with Gasteiger partial charge >= 0.3 is 0 Å². The van der Waals surface area contributed by atoms with Crippen molar-refractivity contribution in [2.75, 3.05) is 0 Å². The van der Waals surface area contributed by atoms with Gasteiger partial charge in [-0.3, -0.25) is 4.79 Å². The average Bonchev–Trinajstić information content (AvgIpc) is 2.30. The van der Waals surface area contributed by atoms with Crippen LogP contribution in [-0.4, -0.2) is 4.98 Å². The van der Waals surface area contributed by atoms with Crippen LogP contribution in [-0.2, 0) is 5.75 Å². The molecule has 0 unspecified atom stereocenters. The Bertz CT molecular complexity index is 548. The lowest BCUT2D eigenvalue weighted by Gasteiger charge is -2.02. The van der Waals surface area contributed by atoms with E-state index in [9.17, 15) is 4.79 Å². The molecule has 0 aliphatic rings. The van der Waals surface area contributed by atoms with Crippen LogP contribution < -0.4 is 5.56 Å². The van der Waals surface area contributed by atoms with Gasteiger partial charge in [0.05, 0.1) is 0 Å². The minimum absolute atomic E-state index is 0.0737. The molecule has 2 aromatic rings. The Morgan fingerprint density at radius 1 is 1.12 bits per heavy atom. The fourth-order valence-corrected chi connectivity index (χ4v) is 1.94. The monoisotopic (exact) mass is 295 g/mol. The van der Waals surface area contributed by atoms with Gasteiger partial charge in [0.15, 0.2) is 0 Å². The van der Waals surface area contributed by atoms with Crippen molar-refractivity contribution in [1.29, 1.82) is 0 Å². The first kappa shape index (κ1) is 11.5. The first-order valence-corrected chi connectivity index (χ1v) is 6.22. The van der Waals surface area contributed by atoms with Crippen LogP contribution in [0.4, 0.5) is 0 Å². The molecule has 1 aromatic heterocycles. The van der Waals surface area contributed by atoms with Crippen LogP contribution in [0.3, 0.4) is 0 Å². The summed E-state index contributed by atoms with van der Waals surface area (Å²) in [6, 6.07) is 11.5. The summed E-state index contributed by atoms with van der Waals surface area (Å²) in [5.74, 6) is 0.454. The maximum atomic E-state index is 11.6. The average molecular weight is 296 g/mol. The summed E-state index contributed by atoms with van der Waals surface area (Å²) in [5, 5.41) is 0. The lowest BCUT2D eigenvalue weighted by atomic mass is 10.1. The van der Waals surface area contributed by atoms with Gasteiger partial charge in [-0.25, -0.2) is 0 Å². The van der Waals surface area contributed by atoms with E-state index >= 15 is 0 Å². The molecule has 1 heterocycles. The van der Waals surface area contributed by atoms with E-state index in [2.05, 4.69) is 33.5 Å². The quantitative estimate of drug-likeness (QED) is 0.819. The molecule has 16 heavy (non-hydrogen) atoms. The third kappa shape index (κ3) is 2.39. The molecular weight excluding hydrogens is 286 g/mol. The second kappa shape index (κ2) is 4.89. The number of H-pyrrole nitrogens is 1. The molecule has 2 rings (SSSR count). The van der Waals surface area contributed by atoms with Gasteiger partial charge in [0.2, 0.25) is 0 Å². The standard InChI is InChI=1S/C12H10BrNOS/c13-10-4-1-8(2-5-10)11-6-3-9(7-16)12(15)14-11/h1-6,16H,7H2,(H,14,15). The second-order valence-electron chi connectivity index (χ2n) is 3.39. The van der Waals surface area contributed by atoms with Crippen molar-refractivity contribution in [3.63, 3.8) is 0 Å². The molecule has 0 saturated heterocycles. The Balaban J connectivity index is 2.45. The molecule has 0 bridgehead atoms. The number of thiol groups is 1. The van der Waals surface area contributed by atoms with Crippen molar-refractivity contribution < 1.29 is 0 Å². The van der Waals surface area contributed by atoms with E-state index in [1.54, 1.807) is 0 Å². The van der Waals surface area contributed by atoms with Crippen LogP contribution in [0.1, 0.15) is 5.56 Å². The molecule has 0 fully saturated rings. The van der Waals surface area contributed by atoms with Crippen molar-refractivity contribution in [2.45, 2.75) is 5.75 Å². The lowest BCUT2D eigenvalue weighted by molar-refractivity contribution is 1.17. The number of aromatic amines is 1. The van der Waals surface area contributed by atoms with Crippen LogP contribution >= 0.6 is 28.6 Å². The van der Waals surface area contributed by atoms with Crippen LogP contribution in [0.5, 0.6) is 0 Å². The molecule has 0 spiro atoms. The molecule has 0 amide bonds. The Kier molecular flexibility index (Phi) is 3.51. The van der Waals surface area contributed by atoms with Crippen LogP contribution in [0.15, 0.2) is 45.7 Å². The predicted molar refractivity (Wildman–Crippen MR) is 72.9 cm³/mol. The van der Waals surface area contributed by atoms with Gasteiger partial charge in [0, 0.05) is 21.5 Å². The predicted octanol–water partition coefficient (Wildman–Crippen LogP) is 3.23. The molecule has 0 radical (unpaired) electrons. The van der Waals surface area contributed by atoms with Gasteiger partial charge in [-0.1, -0.05) is 34.1 Å². The lowest BCUT2D eigenvalue weighted by Crippen LogP contribution is -2.11. The van der Waals surface area contributed by atoms with Crippen molar-refractivity contribution in [3.05, 3.63) is 56.8 Å². The molecule has 0 aliphatic carbocycles. The van der Waals surface area contributed by atoms with Crippen molar-refractivity contribution >= 4 is 28.6 Å². The highest BCUT2D eigenvalue weighted by Gasteiger charge is 2.01. The topological polar surface area (TPSA) is 32.9 Å². The summed E-state index contributed by atoms with van der Waals surface area (Å²) < 4.78 is 1.02. The maximum Gasteiger partial charge on any atom is 0.252 e. The summed E-state index contributed by atoms with van der Waals surface area (Å²) in [7, 11) is 0. The zero-order valence-electron chi connectivity index (χ0n) is 8.40. The van der Waals surface area contributed by atoms with Gasteiger partial charge in [-0.05, 0) is 23.8 Å². The Labute approximate surface area is 107 Å². The second-order valence-corrected chi connectivity index (χ2v) is 4.62. The van der Waals surface area contributed by atoms with Crippen molar-refractivity contribution in [3.8, 4) is 11.3 Å². The van der Waals surface area contributed by atoms with Gasteiger partial charge in [0.1, 0.15) is 0 Å². The zero-order chi connectivity index (χ0) is 11.5. The smallest absolute Gasteiger partial charge is 0.252 e. The normalized spacial score (nSPS) is 10.4. The molecule has 4 heteroatoms. The van der Waals surface area contributed by atoms with E-state index in [0.29, 0.717) is 11.3 Å². The highest BCUT2D eigenvalue weighted by atomic mass is 79.9. The van der Waals surface area contributed by atoms with Crippen LogP contribution in [0.2, 0.25) is 0 Å². The van der Waals surface area contributed by atoms with E-state index in [1.807, 2.05) is 36.4 Å². The Hall–Kier alpha value is -1.00. The Morgan fingerprint density at radius 3 is 2.38 bits per heavy atom. The first-order valence-electron chi connectivity index (χ1n) is 4.79. The van der Waals surface area contributed by atoms with E-state index in [4.69, 9.17) is 0 Å². The number of rotatable bonds is 2. The molecule has 82 valence electrons. The number of pyridine rings is 1. The molecule has 1 aromatic carbocycles. The number of benzene rings is 1. The van der Waals surface area contributed by atoms with Crippen LogP contribution in [0.25, 0.3) is 11.3 Å². The molecule has 0 saturated carbocycles. The van der Waals surface area contributed by atoms with E-state index < -0.39 is 0 Å². The van der Waals surface area contributed by atoms with Crippen molar-refractivity contribution in [2.24, 2.45) is 0 Å². The largest absolute Gasteiger partial charge is 0.322 e. The zero-order valence-corrected chi connectivity index (χ0v) is 10.9. The Morgan fingerprint density at radius 2 is 1.81 bits per heavy atom. The minimum Gasteiger partial charge on any atom is -0.322 e. The fourth-order valence-electron chi connectivity index (χ4n) is 1.43. The summed E-state index contributed by atoms with van der Waals surface area (Å²) in [6.07, 6.45) is 0. The highest BCUT2D eigenvalue weighted by Crippen LogP contribution is 2.19. The minimum atomic E-state index is -0.0737. The molecular formula is C12H10BrNOS. The van der Waals surface area contributed by atoms with E-state index in [-0.39, 0.29) is 5.56 Å². The molecule has 2 nitrogen and oxygen atoms in total. The number of hydrogen-bond donors (Lipinski definition) is 2. The SMILES string of the molecule is O=c1[nH]c(-c2ccc(Br)cc2)ccc1CS.